The van der Waals surface area contributed by atoms with Crippen molar-refractivity contribution in [1.29, 1.82) is 0 Å². The number of amides is 2. The Bertz CT molecular complexity index is 571. The van der Waals surface area contributed by atoms with Gasteiger partial charge in [0.25, 0.3) is 0 Å². The third-order valence-electron chi connectivity index (χ3n) is 3.14. The summed E-state index contributed by atoms with van der Waals surface area (Å²) in [5, 5.41) is 0. The van der Waals surface area contributed by atoms with Crippen molar-refractivity contribution in [3.05, 3.63) is 34.6 Å². The Labute approximate surface area is 110 Å². The molecule has 1 aromatic rings. The molecule has 1 atom stereocenters. The Balaban J connectivity index is 2.58. The highest BCUT2D eigenvalue weighted by molar-refractivity contribution is 6.02. The number of nitrogens with zero attached hydrogens (tertiary/aromatic N) is 1. The smallest absolute Gasteiger partial charge is 0.230 e. The topological polar surface area (TPSA) is 37.4 Å². The average Bonchev–Trinajstić information content (AvgIpc) is 2.73. The van der Waals surface area contributed by atoms with E-state index in [1.54, 1.807) is 0 Å². The van der Waals surface area contributed by atoms with Gasteiger partial charge in [0.05, 0.1) is 11.6 Å². The first kappa shape index (κ1) is 14.4. The summed E-state index contributed by atoms with van der Waals surface area (Å²) >= 11 is 0. The Hall–Kier alpha value is -1.99. The minimum atomic E-state index is -2.28. The van der Waals surface area contributed by atoms with Gasteiger partial charge in [0.1, 0.15) is 0 Å². The van der Waals surface area contributed by atoms with E-state index in [4.69, 9.17) is 0 Å². The zero-order valence-corrected chi connectivity index (χ0v) is 10.1. The highest BCUT2D eigenvalue weighted by atomic mass is 19.2. The molecule has 1 saturated heterocycles. The third-order valence-corrected chi connectivity index (χ3v) is 3.14. The van der Waals surface area contributed by atoms with E-state index in [9.17, 15) is 31.5 Å². The monoisotopic (exact) mass is 293 g/mol. The molecule has 0 aromatic heterocycles. The number of likely N-dealkylation sites (tertiary alicyclic amines) is 1. The van der Waals surface area contributed by atoms with Crippen molar-refractivity contribution in [2.24, 2.45) is 0 Å². The second-order valence-electron chi connectivity index (χ2n) is 4.32. The van der Waals surface area contributed by atoms with Crippen LogP contribution < -0.4 is 0 Å². The summed E-state index contributed by atoms with van der Waals surface area (Å²) < 4.78 is 66.3. The van der Waals surface area contributed by atoms with Crippen LogP contribution in [0.25, 0.3) is 0 Å². The Morgan fingerprint density at radius 1 is 0.800 bits per heavy atom. The number of carbonyl (C=O) groups excluding carboxylic acids is 2. The van der Waals surface area contributed by atoms with Crippen LogP contribution in [0.15, 0.2) is 0 Å². The molecule has 1 fully saturated rings. The fourth-order valence-electron chi connectivity index (χ4n) is 2.14. The molecule has 2 amide bonds. The van der Waals surface area contributed by atoms with Crippen LogP contribution in [0.5, 0.6) is 0 Å². The summed E-state index contributed by atoms with van der Waals surface area (Å²) in [5.41, 5.74) is -1.19. The molecule has 108 valence electrons. The van der Waals surface area contributed by atoms with Crippen molar-refractivity contribution in [3.63, 3.8) is 0 Å². The lowest BCUT2D eigenvalue weighted by atomic mass is 10.0. The summed E-state index contributed by atoms with van der Waals surface area (Å²) in [6.07, 6.45) is -0.308. The van der Waals surface area contributed by atoms with Crippen molar-refractivity contribution in [3.8, 4) is 0 Å². The SMILES string of the molecule is CC(c1c(F)c(F)c(F)c(F)c1F)N1C(=O)CCC1=O. The highest BCUT2D eigenvalue weighted by Gasteiger charge is 2.38. The van der Waals surface area contributed by atoms with Crippen LogP contribution >= 0.6 is 0 Å². The molecule has 0 radical (unpaired) electrons. The number of imide groups is 1. The van der Waals surface area contributed by atoms with Gasteiger partial charge in [0.15, 0.2) is 23.3 Å². The number of halogens is 5. The normalized spacial score (nSPS) is 17.0. The van der Waals surface area contributed by atoms with Crippen molar-refractivity contribution < 1.29 is 31.5 Å². The zero-order chi connectivity index (χ0) is 15.2. The number of benzene rings is 1. The molecule has 0 N–H and O–H groups in total. The van der Waals surface area contributed by atoms with Crippen LogP contribution in [0, 0.1) is 29.1 Å². The molecule has 2 rings (SSSR count). The van der Waals surface area contributed by atoms with Gasteiger partial charge < -0.3 is 0 Å². The van der Waals surface area contributed by atoms with E-state index in [2.05, 4.69) is 0 Å². The van der Waals surface area contributed by atoms with Crippen molar-refractivity contribution in [1.82, 2.24) is 4.90 Å². The maximum Gasteiger partial charge on any atom is 0.230 e. The van der Waals surface area contributed by atoms with Gasteiger partial charge in [-0.15, -0.1) is 0 Å². The van der Waals surface area contributed by atoms with E-state index in [0.29, 0.717) is 4.90 Å². The quantitative estimate of drug-likeness (QED) is 0.364. The predicted octanol–water partition coefficient (Wildman–Crippen LogP) is 2.59. The Morgan fingerprint density at radius 2 is 1.15 bits per heavy atom. The van der Waals surface area contributed by atoms with Gasteiger partial charge in [-0.25, -0.2) is 22.0 Å². The van der Waals surface area contributed by atoms with Crippen LogP contribution in [-0.2, 0) is 9.59 Å². The molecular weight excluding hydrogens is 285 g/mol. The third kappa shape index (κ3) is 1.95. The predicted molar refractivity (Wildman–Crippen MR) is 55.7 cm³/mol. The summed E-state index contributed by atoms with van der Waals surface area (Å²) in [6, 6.07) is -1.57. The van der Waals surface area contributed by atoms with Crippen LogP contribution in [0.2, 0.25) is 0 Å². The summed E-state index contributed by atoms with van der Waals surface area (Å²) in [5.74, 6) is -12.0. The van der Waals surface area contributed by atoms with Crippen LogP contribution in [0.1, 0.15) is 31.4 Å². The fraction of sp³-hybridized carbons (Fsp3) is 0.333. The van der Waals surface area contributed by atoms with Crippen molar-refractivity contribution in [2.75, 3.05) is 0 Å². The maximum absolute atomic E-state index is 13.6. The number of carbonyl (C=O) groups is 2. The largest absolute Gasteiger partial charge is 0.275 e. The molecule has 0 aliphatic carbocycles. The van der Waals surface area contributed by atoms with E-state index in [0.717, 1.165) is 6.92 Å². The zero-order valence-electron chi connectivity index (χ0n) is 10.1. The lowest BCUT2D eigenvalue weighted by Crippen LogP contribution is -2.33. The minimum absolute atomic E-state index is 0.154. The molecular formula is C12H8F5NO2. The van der Waals surface area contributed by atoms with Crippen molar-refractivity contribution in [2.45, 2.75) is 25.8 Å². The van der Waals surface area contributed by atoms with Crippen LogP contribution in [0.3, 0.4) is 0 Å². The van der Waals surface area contributed by atoms with Gasteiger partial charge in [-0.3, -0.25) is 14.5 Å². The van der Waals surface area contributed by atoms with Crippen molar-refractivity contribution >= 4 is 11.8 Å². The molecule has 0 spiro atoms. The molecule has 20 heavy (non-hydrogen) atoms. The fourth-order valence-corrected chi connectivity index (χ4v) is 2.14. The van der Waals surface area contributed by atoms with E-state index in [1.807, 2.05) is 0 Å². The minimum Gasteiger partial charge on any atom is -0.275 e. The second-order valence-corrected chi connectivity index (χ2v) is 4.32. The van der Waals surface area contributed by atoms with E-state index in [-0.39, 0.29) is 12.8 Å². The summed E-state index contributed by atoms with van der Waals surface area (Å²) in [7, 11) is 0. The molecule has 1 aliphatic rings. The average molecular weight is 293 g/mol. The van der Waals surface area contributed by atoms with Gasteiger partial charge in [-0.1, -0.05) is 0 Å². The molecule has 3 nitrogen and oxygen atoms in total. The standard InChI is InChI=1S/C12H8F5NO2/c1-4(18-5(19)2-3-6(18)20)7-8(13)10(15)12(17)11(16)9(7)14/h4H,2-3H2,1H3. The molecule has 0 bridgehead atoms. The maximum atomic E-state index is 13.6. The van der Waals surface area contributed by atoms with Gasteiger partial charge in [-0.2, -0.15) is 0 Å². The molecule has 1 aliphatic heterocycles. The van der Waals surface area contributed by atoms with Gasteiger partial charge in [0.2, 0.25) is 17.6 Å². The summed E-state index contributed by atoms with van der Waals surface area (Å²) in [4.78, 5) is 23.4. The van der Waals surface area contributed by atoms with Gasteiger partial charge in [-0.05, 0) is 6.92 Å². The van der Waals surface area contributed by atoms with E-state index in [1.165, 1.54) is 0 Å². The lowest BCUT2D eigenvalue weighted by molar-refractivity contribution is -0.140. The Morgan fingerprint density at radius 3 is 1.55 bits per heavy atom. The van der Waals surface area contributed by atoms with Gasteiger partial charge >= 0.3 is 0 Å². The highest BCUT2D eigenvalue weighted by Crippen LogP contribution is 2.33. The molecule has 0 saturated carbocycles. The number of hydrogen-bond acceptors (Lipinski definition) is 2. The van der Waals surface area contributed by atoms with E-state index >= 15 is 0 Å². The lowest BCUT2D eigenvalue weighted by Gasteiger charge is -2.24. The second kappa shape index (κ2) is 4.84. The molecule has 1 heterocycles. The first-order valence-corrected chi connectivity index (χ1v) is 5.63. The van der Waals surface area contributed by atoms with Crippen LogP contribution in [-0.4, -0.2) is 16.7 Å². The van der Waals surface area contributed by atoms with E-state index < -0.39 is 52.5 Å². The first-order valence-electron chi connectivity index (χ1n) is 5.63. The summed E-state index contributed by atoms with van der Waals surface area (Å²) in [6.45, 7) is 1.03. The van der Waals surface area contributed by atoms with Crippen LogP contribution in [0.4, 0.5) is 22.0 Å². The molecule has 1 unspecified atom stereocenters. The van der Waals surface area contributed by atoms with Gasteiger partial charge in [0, 0.05) is 12.8 Å². The first-order chi connectivity index (χ1) is 9.27. The number of rotatable bonds is 2. The molecule has 1 aromatic carbocycles. The Kier molecular flexibility index (Phi) is 3.49. The molecule has 8 heteroatoms. The number of hydrogen-bond donors (Lipinski definition) is 0.